The molecule has 0 bridgehead atoms. The number of Topliss-reactive ketones (excluding diaryl/α,β-unsaturated/α-hetero) is 1. The fourth-order valence-corrected chi connectivity index (χ4v) is 2.96. The SMILES string of the molecule is O=C(/C=C/c1ccc(C(F)(F)F)cc1)OCC(=O)c1ccc(N2CCCC2=O)cc1. The van der Waals surface area contributed by atoms with Gasteiger partial charge < -0.3 is 9.64 Å². The zero-order chi connectivity index (χ0) is 21.7. The molecule has 1 aliphatic heterocycles. The summed E-state index contributed by atoms with van der Waals surface area (Å²) in [5, 5.41) is 0. The Morgan fingerprint density at radius 3 is 2.27 bits per heavy atom. The second-order valence-corrected chi connectivity index (χ2v) is 6.68. The highest BCUT2D eigenvalue weighted by Crippen LogP contribution is 2.29. The number of ketones is 1. The zero-order valence-electron chi connectivity index (χ0n) is 15.8. The average Bonchev–Trinajstić information content (AvgIpc) is 3.16. The summed E-state index contributed by atoms with van der Waals surface area (Å²) in [5.41, 5.74) is 0.654. The molecule has 1 aliphatic rings. The van der Waals surface area contributed by atoms with Gasteiger partial charge in [0.15, 0.2) is 12.4 Å². The predicted octanol–water partition coefficient (Wildman–Crippen LogP) is 4.27. The Bertz CT molecular complexity index is 963. The number of hydrogen-bond donors (Lipinski definition) is 0. The van der Waals surface area contributed by atoms with Crippen molar-refractivity contribution in [2.24, 2.45) is 0 Å². The molecule has 1 heterocycles. The van der Waals surface area contributed by atoms with E-state index in [1.165, 1.54) is 18.2 Å². The molecule has 30 heavy (non-hydrogen) atoms. The fraction of sp³-hybridized carbons (Fsp3) is 0.227. The van der Waals surface area contributed by atoms with Crippen LogP contribution >= 0.6 is 0 Å². The number of ether oxygens (including phenoxy) is 1. The third-order valence-electron chi connectivity index (χ3n) is 4.57. The third-order valence-corrected chi connectivity index (χ3v) is 4.57. The molecule has 0 aromatic heterocycles. The van der Waals surface area contributed by atoms with Crippen molar-refractivity contribution in [2.45, 2.75) is 19.0 Å². The normalized spacial score (nSPS) is 14.4. The Morgan fingerprint density at radius 1 is 1.03 bits per heavy atom. The summed E-state index contributed by atoms with van der Waals surface area (Å²) >= 11 is 0. The largest absolute Gasteiger partial charge is 0.454 e. The van der Waals surface area contributed by atoms with Gasteiger partial charge in [-0.3, -0.25) is 9.59 Å². The van der Waals surface area contributed by atoms with E-state index < -0.39 is 30.1 Å². The average molecular weight is 417 g/mol. The lowest BCUT2D eigenvalue weighted by atomic mass is 10.1. The molecular formula is C22H18F3NO4. The summed E-state index contributed by atoms with van der Waals surface area (Å²) in [6.07, 6.45) is -0.775. The maximum atomic E-state index is 12.5. The van der Waals surface area contributed by atoms with Gasteiger partial charge in [-0.1, -0.05) is 12.1 Å². The highest BCUT2D eigenvalue weighted by molar-refractivity contribution is 6.00. The molecule has 3 rings (SSSR count). The van der Waals surface area contributed by atoms with Crippen LogP contribution < -0.4 is 4.90 Å². The molecule has 0 spiro atoms. The summed E-state index contributed by atoms with van der Waals surface area (Å²) in [5.74, 6) is -1.16. The van der Waals surface area contributed by atoms with E-state index >= 15 is 0 Å². The van der Waals surface area contributed by atoms with Crippen LogP contribution in [0.4, 0.5) is 18.9 Å². The van der Waals surface area contributed by atoms with Crippen molar-refractivity contribution < 1.29 is 32.3 Å². The van der Waals surface area contributed by atoms with E-state index in [1.807, 2.05) is 0 Å². The van der Waals surface area contributed by atoms with Crippen molar-refractivity contribution in [1.29, 1.82) is 0 Å². The molecule has 2 aromatic carbocycles. The summed E-state index contributed by atoms with van der Waals surface area (Å²) in [4.78, 5) is 37.3. The lowest BCUT2D eigenvalue weighted by Crippen LogP contribution is -2.23. The van der Waals surface area contributed by atoms with Gasteiger partial charge in [-0.15, -0.1) is 0 Å². The molecular weight excluding hydrogens is 399 g/mol. The number of alkyl halides is 3. The van der Waals surface area contributed by atoms with Crippen molar-refractivity contribution in [3.8, 4) is 0 Å². The lowest BCUT2D eigenvalue weighted by molar-refractivity contribution is -0.138. The first-order valence-corrected chi connectivity index (χ1v) is 9.20. The van der Waals surface area contributed by atoms with E-state index in [0.29, 0.717) is 29.8 Å². The molecule has 0 atom stereocenters. The Balaban J connectivity index is 1.51. The number of carbonyl (C=O) groups excluding carboxylic acids is 3. The first-order valence-electron chi connectivity index (χ1n) is 9.20. The molecule has 1 saturated heterocycles. The minimum Gasteiger partial charge on any atom is -0.454 e. The van der Waals surface area contributed by atoms with Gasteiger partial charge in [0.2, 0.25) is 5.91 Å². The minimum absolute atomic E-state index is 0.0443. The van der Waals surface area contributed by atoms with Crippen molar-refractivity contribution >= 4 is 29.4 Å². The Labute approximate surface area is 170 Å². The van der Waals surface area contributed by atoms with Gasteiger partial charge in [0, 0.05) is 30.3 Å². The minimum atomic E-state index is -4.43. The summed E-state index contributed by atoms with van der Waals surface area (Å²) < 4.78 is 42.5. The van der Waals surface area contributed by atoms with E-state index in [1.54, 1.807) is 29.2 Å². The van der Waals surface area contributed by atoms with Gasteiger partial charge >= 0.3 is 12.1 Å². The fourth-order valence-electron chi connectivity index (χ4n) is 2.96. The monoisotopic (exact) mass is 417 g/mol. The van der Waals surface area contributed by atoms with Gasteiger partial charge in [-0.2, -0.15) is 13.2 Å². The van der Waals surface area contributed by atoms with E-state index in [-0.39, 0.29) is 5.91 Å². The summed E-state index contributed by atoms with van der Waals surface area (Å²) in [7, 11) is 0. The van der Waals surface area contributed by atoms with Crippen LogP contribution in [0, 0.1) is 0 Å². The Morgan fingerprint density at radius 2 is 1.70 bits per heavy atom. The Hall–Kier alpha value is -3.42. The number of halogens is 3. The van der Waals surface area contributed by atoms with Crippen LogP contribution in [0.2, 0.25) is 0 Å². The maximum Gasteiger partial charge on any atom is 0.416 e. The lowest BCUT2D eigenvalue weighted by Gasteiger charge is -2.15. The van der Waals surface area contributed by atoms with Crippen molar-refractivity contribution in [2.75, 3.05) is 18.1 Å². The number of nitrogens with zero attached hydrogens (tertiary/aromatic N) is 1. The standard InChI is InChI=1S/C22H18F3NO4/c23-22(24,25)17-8-3-15(4-9-17)5-12-21(29)30-14-19(27)16-6-10-18(11-7-16)26-13-1-2-20(26)28/h3-12H,1-2,13-14H2/b12-5+. The van der Waals surface area contributed by atoms with Crippen molar-refractivity contribution in [1.82, 2.24) is 0 Å². The number of esters is 1. The van der Waals surface area contributed by atoms with Crippen LogP contribution in [0.1, 0.15) is 34.3 Å². The third kappa shape index (κ3) is 5.34. The van der Waals surface area contributed by atoms with Crippen molar-refractivity contribution in [3.05, 3.63) is 71.3 Å². The smallest absolute Gasteiger partial charge is 0.416 e. The van der Waals surface area contributed by atoms with Crippen LogP contribution in [0.15, 0.2) is 54.6 Å². The number of benzene rings is 2. The highest BCUT2D eigenvalue weighted by atomic mass is 19.4. The van der Waals surface area contributed by atoms with Gasteiger partial charge in [0.25, 0.3) is 0 Å². The quantitative estimate of drug-likeness (QED) is 0.400. The number of hydrogen-bond acceptors (Lipinski definition) is 4. The first-order chi connectivity index (χ1) is 14.2. The van der Waals surface area contributed by atoms with Crippen LogP contribution in [-0.4, -0.2) is 30.8 Å². The Kier molecular flexibility index (Phi) is 6.34. The molecule has 0 saturated carbocycles. The van der Waals surface area contributed by atoms with Crippen LogP contribution in [0.5, 0.6) is 0 Å². The molecule has 0 unspecified atom stereocenters. The van der Waals surface area contributed by atoms with E-state index in [9.17, 15) is 27.6 Å². The molecule has 1 amide bonds. The van der Waals surface area contributed by atoms with Crippen LogP contribution in [-0.2, 0) is 20.5 Å². The van der Waals surface area contributed by atoms with E-state index in [4.69, 9.17) is 4.74 Å². The van der Waals surface area contributed by atoms with E-state index in [2.05, 4.69) is 0 Å². The molecule has 8 heteroatoms. The first kappa shape index (κ1) is 21.3. The number of carbonyl (C=O) groups is 3. The number of anilines is 1. The van der Waals surface area contributed by atoms with Gasteiger partial charge in [0.05, 0.1) is 5.56 Å². The second kappa shape index (κ2) is 8.94. The maximum absolute atomic E-state index is 12.5. The number of amides is 1. The van der Waals surface area contributed by atoms with Crippen LogP contribution in [0.3, 0.4) is 0 Å². The van der Waals surface area contributed by atoms with Gasteiger partial charge in [0.1, 0.15) is 0 Å². The summed E-state index contributed by atoms with van der Waals surface area (Å²) in [6.45, 7) is 0.174. The predicted molar refractivity (Wildman–Crippen MR) is 104 cm³/mol. The van der Waals surface area contributed by atoms with Crippen molar-refractivity contribution in [3.63, 3.8) is 0 Å². The molecule has 0 N–H and O–H groups in total. The second-order valence-electron chi connectivity index (χ2n) is 6.68. The molecule has 5 nitrogen and oxygen atoms in total. The molecule has 0 radical (unpaired) electrons. The molecule has 156 valence electrons. The molecule has 0 aliphatic carbocycles. The summed E-state index contributed by atoms with van der Waals surface area (Å²) in [6, 6.07) is 10.7. The van der Waals surface area contributed by atoms with E-state index in [0.717, 1.165) is 24.6 Å². The topological polar surface area (TPSA) is 63.7 Å². The van der Waals surface area contributed by atoms with Gasteiger partial charge in [-0.05, 0) is 54.5 Å². The molecule has 2 aromatic rings. The van der Waals surface area contributed by atoms with Gasteiger partial charge in [-0.25, -0.2) is 4.79 Å². The van der Waals surface area contributed by atoms with Crippen LogP contribution in [0.25, 0.3) is 6.08 Å². The molecule has 1 fully saturated rings. The highest BCUT2D eigenvalue weighted by Gasteiger charge is 2.29. The zero-order valence-corrected chi connectivity index (χ0v) is 15.8. The number of rotatable bonds is 6.